The second-order valence-corrected chi connectivity index (χ2v) is 6.75. The molecule has 2 aromatic rings. The molecule has 0 saturated heterocycles. The first-order chi connectivity index (χ1) is 11.6. The molecule has 0 aliphatic heterocycles. The Labute approximate surface area is 147 Å². The summed E-state index contributed by atoms with van der Waals surface area (Å²) in [4.78, 5) is 27.0. The standard InChI is InChI=1S/C20H23NO4/c1-12-10-15(8-9-20(4,5)19(23)24)11-18-16(12)6-7-17(21-18)13(2)25-14(3)22/h6-11,13H,1-5H3,(H,23,24)/t13-/m1/s1. The molecule has 0 amide bonds. The maximum atomic E-state index is 11.2. The molecular formula is C20H23NO4. The number of fused-ring (bicyclic) bond motifs is 1. The molecular weight excluding hydrogens is 318 g/mol. The van der Waals surface area contributed by atoms with Crippen molar-refractivity contribution < 1.29 is 19.4 Å². The second kappa shape index (κ2) is 7.05. The zero-order valence-corrected chi connectivity index (χ0v) is 15.2. The molecule has 0 radical (unpaired) electrons. The molecule has 5 nitrogen and oxygen atoms in total. The zero-order valence-electron chi connectivity index (χ0n) is 15.2. The number of ether oxygens (including phenoxy) is 1. The van der Waals surface area contributed by atoms with Gasteiger partial charge in [0, 0.05) is 12.3 Å². The van der Waals surface area contributed by atoms with Crippen LogP contribution in [0.25, 0.3) is 17.0 Å². The van der Waals surface area contributed by atoms with E-state index in [1.54, 1.807) is 32.9 Å². The Morgan fingerprint density at radius 1 is 1.28 bits per heavy atom. The van der Waals surface area contributed by atoms with Crippen LogP contribution in [0.2, 0.25) is 0 Å². The summed E-state index contributed by atoms with van der Waals surface area (Å²) in [5, 5.41) is 10.2. The van der Waals surface area contributed by atoms with Crippen LogP contribution in [0, 0.1) is 12.3 Å². The molecule has 0 spiro atoms. The van der Waals surface area contributed by atoms with Crippen LogP contribution in [0.1, 0.15) is 50.6 Å². The minimum Gasteiger partial charge on any atom is -0.481 e. The Bertz CT molecular complexity index is 852. The highest BCUT2D eigenvalue weighted by Crippen LogP contribution is 2.25. The Morgan fingerprint density at radius 3 is 2.56 bits per heavy atom. The van der Waals surface area contributed by atoms with E-state index in [9.17, 15) is 14.7 Å². The first-order valence-electron chi connectivity index (χ1n) is 8.11. The second-order valence-electron chi connectivity index (χ2n) is 6.75. The number of esters is 1. The van der Waals surface area contributed by atoms with Crippen molar-refractivity contribution in [2.45, 2.75) is 40.7 Å². The summed E-state index contributed by atoms with van der Waals surface area (Å²) in [5.41, 5.74) is 2.44. The number of benzene rings is 1. The number of carboxylic acid groups (broad SMARTS) is 1. The molecule has 132 valence electrons. The minimum absolute atomic E-state index is 0.349. The summed E-state index contributed by atoms with van der Waals surface area (Å²) < 4.78 is 5.18. The lowest BCUT2D eigenvalue weighted by Gasteiger charge is -2.14. The molecule has 0 aliphatic carbocycles. The third-order valence-electron chi connectivity index (χ3n) is 4.06. The topological polar surface area (TPSA) is 76.5 Å². The summed E-state index contributed by atoms with van der Waals surface area (Å²) in [5.74, 6) is -1.23. The van der Waals surface area contributed by atoms with Gasteiger partial charge < -0.3 is 9.84 Å². The molecule has 2 rings (SSSR count). The number of hydrogen-bond donors (Lipinski definition) is 1. The van der Waals surface area contributed by atoms with Crippen LogP contribution in [0.15, 0.2) is 30.3 Å². The van der Waals surface area contributed by atoms with Gasteiger partial charge in [0.25, 0.3) is 0 Å². The highest BCUT2D eigenvalue weighted by atomic mass is 16.5. The average molecular weight is 341 g/mol. The number of aliphatic carboxylic acids is 1. The van der Waals surface area contributed by atoms with Crippen molar-refractivity contribution in [1.29, 1.82) is 0 Å². The quantitative estimate of drug-likeness (QED) is 0.821. The molecule has 5 heteroatoms. The maximum Gasteiger partial charge on any atom is 0.312 e. The van der Waals surface area contributed by atoms with Crippen molar-refractivity contribution in [2.24, 2.45) is 5.41 Å². The van der Waals surface area contributed by atoms with E-state index < -0.39 is 17.5 Å². The van der Waals surface area contributed by atoms with E-state index in [1.807, 2.05) is 31.2 Å². The largest absolute Gasteiger partial charge is 0.481 e. The van der Waals surface area contributed by atoms with Gasteiger partial charge in [-0.1, -0.05) is 24.3 Å². The number of rotatable bonds is 5. The van der Waals surface area contributed by atoms with Gasteiger partial charge in [0.05, 0.1) is 16.6 Å². The molecule has 25 heavy (non-hydrogen) atoms. The summed E-state index contributed by atoms with van der Waals surface area (Å²) in [7, 11) is 0. The van der Waals surface area contributed by atoms with Gasteiger partial charge in [-0.2, -0.15) is 0 Å². The van der Waals surface area contributed by atoms with Gasteiger partial charge in [0.1, 0.15) is 6.10 Å². The molecule has 0 bridgehead atoms. The monoisotopic (exact) mass is 341 g/mol. The molecule has 1 aromatic carbocycles. The van der Waals surface area contributed by atoms with E-state index in [0.717, 1.165) is 22.0 Å². The summed E-state index contributed by atoms with van der Waals surface area (Å²) in [6.45, 7) is 8.43. The van der Waals surface area contributed by atoms with E-state index in [-0.39, 0.29) is 5.97 Å². The highest BCUT2D eigenvalue weighted by molar-refractivity contribution is 5.85. The van der Waals surface area contributed by atoms with Gasteiger partial charge >= 0.3 is 11.9 Å². The van der Waals surface area contributed by atoms with Crippen LogP contribution in [0.4, 0.5) is 0 Å². The van der Waals surface area contributed by atoms with Gasteiger partial charge in [-0.3, -0.25) is 9.59 Å². The van der Waals surface area contributed by atoms with E-state index >= 15 is 0 Å². The van der Waals surface area contributed by atoms with Gasteiger partial charge in [0.15, 0.2) is 0 Å². The minimum atomic E-state index is -0.942. The zero-order chi connectivity index (χ0) is 18.8. The fourth-order valence-corrected chi connectivity index (χ4v) is 2.47. The van der Waals surface area contributed by atoms with Gasteiger partial charge in [-0.15, -0.1) is 0 Å². The van der Waals surface area contributed by atoms with Crippen molar-refractivity contribution in [3.63, 3.8) is 0 Å². The Morgan fingerprint density at radius 2 is 1.96 bits per heavy atom. The fourth-order valence-electron chi connectivity index (χ4n) is 2.47. The van der Waals surface area contributed by atoms with Gasteiger partial charge in [-0.25, -0.2) is 4.98 Å². The number of pyridine rings is 1. The van der Waals surface area contributed by atoms with Crippen LogP contribution in [0.3, 0.4) is 0 Å². The average Bonchev–Trinajstić information content (AvgIpc) is 2.51. The lowest BCUT2D eigenvalue weighted by Crippen LogP contribution is -2.20. The normalized spacial score (nSPS) is 13.2. The number of hydrogen-bond acceptors (Lipinski definition) is 4. The Hall–Kier alpha value is -2.69. The molecule has 1 N–H and O–H groups in total. The fraction of sp³-hybridized carbons (Fsp3) is 0.350. The first-order valence-corrected chi connectivity index (χ1v) is 8.11. The summed E-state index contributed by atoms with van der Waals surface area (Å²) in [6.07, 6.45) is 3.04. The van der Waals surface area contributed by atoms with Crippen LogP contribution in [0.5, 0.6) is 0 Å². The molecule has 0 saturated carbocycles. The van der Waals surface area contributed by atoms with Crippen LogP contribution in [-0.4, -0.2) is 22.0 Å². The lowest BCUT2D eigenvalue weighted by molar-refractivity contribution is -0.146. The Kier molecular flexibility index (Phi) is 5.26. The lowest BCUT2D eigenvalue weighted by atomic mass is 9.92. The smallest absolute Gasteiger partial charge is 0.312 e. The van der Waals surface area contributed by atoms with E-state index in [4.69, 9.17) is 4.74 Å². The van der Waals surface area contributed by atoms with Gasteiger partial charge in [0.2, 0.25) is 0 Å². The van der Waals surface area contributed by atoms with Crippen molar-refractivity contribution in [1.82, 2.24) is 4.98 Å². The molecule has 1 atom stereocenters. The van der Waals surface area contributed by atoms with Crippen molar-refractivity contribution in [3.8, 4) is 0 Å². The number of carbonyl (C=O) groups is 2. The van der Waals surface area contributed by atoms with Crippen LogP contribution < -0.4 is 0 Å². The third kappa shape index (κ3) is 4.44. The van der Waals surface area contributed by atoms with Crippen molar-refractivity contribution in [2.75, 3.05) is 0 Å². The van der Waals surface area contributed by atoms with Crippen molar-refractivity contribution >= 4 is 28.9 Å². The highest BCUT2D eigenvalue weighted by Gasteiger charge is 2.23. The predicted molar refractivity (Wildman–Crippen MR) is 97.1 cm³/mol. The third-order valence-corrected chi connectivity index (χ3v) is 4.06. The van der Waals surface area contributed by atoms with Crippen LogP contribution >= 0.6 is 0 Å². The van der Waals surface area contributed by atoms with Crippen molar-refractivity contribution in [3.05, 3.63) is 47.2 Å². The molecule has 0 aliphatic rings. The number of carbonyl (C=O) groups excluding carboxylic acids is 1. The van der Waals surface area contributed by atoms with Gasteiger partial charge in [-0.05, 0) is 51.0 Å². The maximum absolute atomic E-state index is 11.2. The number of aryl methyl sites for hydroxylation is 1. The summed E-state index contributed by atoms with van der Waals surface area (Å²) in [6, 6.07) is 7.71. The number of carboxylic acids is 1. The number of nitrogens with zero attached hydrogens (tertiary/aromatic N) is 1. The predicted octanol–water partition coefficient (Wildman–Crippen LogP) is 4.29. The van der Waals surface area contributed by atoms with Crippen LogP contribution in [-0.2, 0) is 14.3 Å². The molecule has 1 aromatic heterocycles. The Balaban J connectivity index is 2.43. The van der Waals surface area contributed by atoms with E-state index in [0.29, 0.717) is 5.69 Å². The number of aromatic nitrogens is 1. The molecule has 1 heterocycles. The first kappa shape index (κ1) is 18.6. The SMILES string of the molecule is CC(=O)O[C@H](C)c1ccc2c(C)cc(C=CC(C)(C)C(=O)O)cc2n1. The van der Waals surface area contributed by atoms with E-state index in [2.05, 4.69) is 4.98 Å². The van der Waals surface area contributed by atoms with E-state index in [1.165, 1.54) is 6.92 Å². The summed E-state index contributed by atoms with van der Waals surface area (Å²) >= 11 is 0. The molecule has 0 unspecified atom stereocenters. The molecule has 0 fully saturated rings.